The summed E-state index contributed by atoms with van der Waals surface area (Å²) >= 11 is 0. The Labute approximate surface area is 147 Å². The first-order valence-corrected chi connectivity index (χ1v) is 8.73. The van der Waals surface area contributed by atoms with Gasteiger partial charge in [-0.3, -0.25) is 0 Å². The predicted molar refractivity (Wildman–Crippen MR) is 96.0 cm³/mol. The van der Waals surface area contributed by atoms with Gasteiger partial charge in [-0.25, -0.2) is 9.67 Å². The van der Waals surface area contributed by atoms with E-state index in [-0.39, 0.29) is 0 Å². The molecule has 0 aliphatic carbocycles. The van der Waals surface area contributed by atoms with Crippen LogP contribution in [-0.4, -0.2) is 42.1 Å². The molecule has 3 aromatic heterocycles. The molecule has 1 saturated heterocycles. The first-order valence-electron chi connectivity index (χ1n) is 8.73. The van der Waals surface area contributed by atoms with Gasteiger partial charge in [0.05, 0.1) is 5.69 Å². The third-order valence-corrected chi connectivity index (χ3v) is 4.87. The van der Waals surface area contributed by atoms with Crippen LogP contribution in [0.15, 0.2) is 30.6 Å². The van der Waals surface area contributed by atoms with Gasteiger partial charge in [-0.05, 0) is 51.8 Å². The highest BCUT2D eigenvalue weighted by Crippen LogP contribution is 2.25. The van der Waals surface area contributed by atoms with Crippen LogP contribution in [0.4, 0.5) is 5.82 Å². The fourth-order valence-electron chi connectivity index (χ4n) is 3.60. The maximum absolute atomic E-state index is 4.48. The summed E-state index contributed by atoms with van der Waals surface area (Å²) in [4.78, 5) is 6.68. The number of imidazole rings is 1. The third kappa shape index (κ3) is 3.01. The Morgan fingerprint density at radius 1 is 1.12 bits per heavy atom. The van der Waals surface area contributed by atoms with Crippen molar-refractivity contribution < 1.29 is 0 Å². The van der Waals surface area contributed by atoms with Crippen molar-refractivity contribution in [3.8, 4) is 5.82 Å². The number of nitrogens with zero attached hydrogens (tertiary/aromatic N) is 7. The second kappa shape index (κ2) is 6.31. The molecule has 130 valence electrons. The fraction of sp³-hybridized carbons (Fsp3) is 0.444. The van der Waals surface area contributed by atoms with Crippen molar-refractivity contribution in [3.05, 3.63) is 47.8 Å². The molecule has 0 spiro atoms. The van der Waals surface area contributed by atoms with Gasteiger partial charge in [0.2, 0.25) is 0 Å². The van der Waals surface area contributed by atoms with Gasteiger partial charge in [-0.15, -0.1) is 10.2 Å². The zero-order valence-corrected chi connectivity index (χ0v) is 14.9. The summed E-state index contributed by atoms with van der Waals surface area (Å²) in [6.07, 6.45) is 6.25. The van der Waals surface area contributed by atoms with Crippen molar-refractivity contribution in [2.24, 2.45) is 0 Å². The highest BCUT2D eigenvalue weighted by atomic mass is 15.4. The molecular formula is C18H23N7. The normalized spacial score (nSPS) is 17.4. The lowest BCUT2D eigenvalue weighted by Gasteiger charge is -2.26. The number of anilines is 1. The van der Waals surface area contributed by atoms with Crippen LogP contribution in [0.2, 0.25) is 0 Å². The monoisotopic (exact) mass is 337 g/mol. The summed E-state index contributed by atoms with van der Waals surface area (Å²) in [5.74, 6) is 2.75. The number of hydrogen-bond acceptors (Lipinski definition) is 5. The summed E-state index contributed by atoms with van der Waals surface area (Å²) in [7, 11) is 0. The molecule has 1 aliphatic rings. The van der Waals surface area contributed by atoms with E-state index in [0.717, 1.165) is 41.9 Å². The predicted octanol–water partition coefficient (Wildman–Crippen LogP) is 2.45. The largest absolute Gasteiger partial charge is 0.350 e. The zero-order chi connectivity index (χ0) is 17.4. The molecule has 0 amide bonds. The van der Waals surface area contributed by atoms with Gasteiger partial charge in [0.1, 0.15) is 5.82 Å². The van der Waals surface area contributed by atoms with Crippen molar-refractivity contribution in [2.75, 3.05) is 11.4 Å². The first kappa shape index (κ1) is 15.8. The summed E-state index contributed by atoms with van der Waals surface area (Å²) < 4.78 is 4.04. The Hall–Kier alpha value is -2.70. The maximum atomic E-state index is 4.48. The van der Waals surface area contributed by atoms with Crippen LogP contribution in [0.25, 0.3) is 5.82 Å². The minimum absolute atomic E-state index is 0.432. The Balaban J connectivity index is 1.54. The molecule has 1 aliphatic heterocycles. The molecule has 0 N–H and O–H groups in total. The number of aromatic nitrogens is 6. The van der Waals surface area contributed by atoms with Gasteiger partial charge in [0.15, 0.2) is 11.6 Å². The van der Waals surface area contributed by atoms with Crippen molar-refractivity contribution in [2.45, 2.75) is 46.2 Å². The summed E-state index contributed by atoms with van der Waals surface area (Å²) in [6, 6.07) is 6.53. The minimum Gasteiger partial charge on any atom is -0.350 e. The van der Waals surface area contributed by atoms with E-state index < -0.39 is 0 Å². The van der Waals surface area contributed by atoms with Crippen LogP contribution in [0, 0.1) is 20.8 Å². The molecule has 4 heterocycles. The van der Waals surface area contributed by atoms with Crippen molar-refractivity contribution >= 4 is 5.82 Å². The van der Waals surface area contributed by atoms with Gasteiger partial charge >= 0.3 is 0 Å². The van der Waals surface area contributed by atoms with E-state index in [2.05, 4.69) is 35.8 Å². The molecule has 0 bridgehead atoms. The van der Waals surface area contributed by atoms with E-state index in [9.17, 15) is 0 Å². The summed E-state index contributed by atoms with van der Waals surface area (Å²) in [5, 5.41) is 13.4. The average Bonchev–Trinajstić information content (AvgIpc) is 3.30. The number of hydrogen-bond donors (Lipinski definition) is 0. The Bertz CT molecular complexity index is 862. The first-order chi connectivity index (χ1) is 12.1. The van der Waals surface area contributed by atoms with Gasteiger partial charge in [0, 0.05) is 37.2 Å². The Morgan fingerprint density at radius 3 is 2.56 bits per heavy atom. The highest BCUT2D eigenvalue weighted by Gasteiger charge is 2.26. The minimum atomic E-state index is 0.432. The maximum Gasteiger partial charge on any atom is 0.176 e. The van der Waals surface area contributed by atoms with Crippen LogP contribution < -0.4 is 4.90 Å². The van der Waals surface area contributed by atoms with E-state index in [1.54, 1.807) is 0 Å². The van der Waals surface area contributed by atoms with E-state index in [1.165, 1.54) is 12.8 Å². The molecule has 25 heavy (non-hydrogen) atoms. The average molecular weight is 337 g/mol. The zero-order valence-electron chi connectivity index (χ0n) is 14.9. The van der Waals surface area contributed by atoms with Crippen LogP contribution in [0.1, 0.15) is 30.1 Å². The summed E-state index contributed by atoms with van der Waals surface area (Å²) in [5.41, 5.74) is 2.05. The van der Waals surface area contributed by atoms with E-state index >= 15 is 0 Å². The van der Waals surface area contributed by atoms with E-state index in [1.807, 2.05) is 50.0 Å². The fourth-order valence-corrected chi connectivity index (χ4v) is 3.60. The summed E-state index contributed by atoms with van der Waals surface area (Å²) in [6.45, 7) is 8.01. The molecule has 4 rings (SSSR count). The molecule has 7 heteroatoms. The second-order valence-electron chi connectivity index (χ2n) is 6.70. The van der Waals surface area contributed by atoms with Crippen LogP contribution in [0.5, 0.6) is 0 Å². The standard InChI is InChI=1S/C18H23N7/c1-13-11-14(2)25(22-13)18-7-6-17(20-21-18)24-9-4-5-16(24)12-23-10-8-19-15(23)3/h6-8,10-11,16H,4-5,9,12H2,1-3H3. The lowest BCUT2D eigenvalue weighted by atomic mass is 10.2. The van der Waals surface area contributed by atoms with E-state index in [0.29, 0.717) is 6.04 Å². The molecular weight excluding hydrogens is 314 g/mol. The van der Waals surface area contributed by atoms with Gasteiger partial charge in [-0.1, -0.05) is 0 Å². The Morgan fingerprint density at radius 2 is 1.92 bits per heavy atom. The Kier molecular flexibility index (Phi) is 3.99. The lowest BCUT2D eigenvalue weighted by Crippen LogP contribution is -2.33. The topological polar surface area (TPSA) is 64.7 Å². The SMILES string of the molecule is Cc1cc(C)n(-c2ccc(N3CCCC3Cn3ccnc3C)nn2)n1. The van der Waals surface area contributed by atoms with Crippen LogP contribution in [-0.2, 0) is 6.54 Å². The van der Waals surface area contributed by atoms with Crippen molar-refractivity contribution in [1.82, 2.24) is 29.5 Å². The van der Waals surface area contributed by atoms with Crippen molar-refractivity contribution in [1.29, 1.82) is 0 Å². The van der Waals surface area contributed by atoms with Crippen LogP contribution in [0.3, 0.4) is 0 Å². The smallest absolute Gasteiger partial charge is 0.176 e. The second-order valence-corrected chi connectivity index (χ2v) is 6.70. The molecule has 1 unspecified atom stereocenters. The van der Waals surface area contributed by atoms with Crippen molar-refractivity contribution in [3.63, 3.8) is 0 Å². The molecule has 7 nitrogen and oxygen atoms in total. The number of aryl methyl sites for hydroxylation is 3. The molecule has 3 aromatic rings. The van der Waals surface area contributed by atoms with Gasteiger partial charge < -0.3 is 9.47 Å². The van der Waals surface area contributed by atoms with E-state index in [4.69, 9.17) is 0 Å². The quantitative estimate of drug-likeness (QED) is 0.732. The molecule has 1 fully saturated rings. The van der Waals surface area contributed by atoms with Gasteiger partial charge in [0.25, 0.3) is 0 Å². The van der Waals surface area contributed by atoms with Crippen LogP contribution >= 0.6 is 0 Å². The highest BCUT2D eigenvalue weighted by molar-refractivity contribution is 5.42. The lowest BCUT2D eigenvalue weighted by molar-refractivity contribution is 0.536. The van der Waals surface area contributed by atoms with Gasteiger partial charge in [-0.2, -0.15) is 5.10 Å². The molecule has 0 radical (unpaired) electrons. The third-order valence-electron chi connectivity index (χ3n) is 4.87. The molecule has 0 aromatic carbocycles. The molecule has 0 saturated carbocycles. The number of rotatable bonds is 4. The molecule has 1 atom stereocenters.